The quantitative estimate of drug-likeness (QED) is 0.923. The van der Waals surface area contributed by atoms with Gasteiger partial charge in [-0.3, -0.25) is 4.90 Å². The van der Waals surface area contributed by atoms with Gasteiger partial charge in [0.25, 0.3) is 0 Å². The van der Waals surface area contributed by atoms with Gasteiger partial charge < -0.3 is 5.32 Å². The molecule has 1 aromatic rings. The molecule has 4 heteroatoms. The van der Waals surface area contributed by atoms with Gasteiger partial charge in [-0.15, -0.1) is 0 Å². The van der Waals surface area contributed by atoms with Crippen molar-refractivity contribution in [3.8, 4) is 0 Å². The van der Waals surface area contributed by atoms with E-state index >= 15 is 0 Å². The first-order chi connectivity index (χ1) is 8.19. The number of hydrogen-bond donors (Lipinski definition) is 1. The third-order valence-corrected chi connectivity index (χ3v) is 3.99. The number of hydrogen-bond acceptors (Lipinski definition) is 2. The summed E-state index contributed by atoms with van der Waals surface area (Å²) in [6.45, 7) is 3.14. The average molecular weight is 301 g/mol. The maximum atomic E-state index is 13.1. The Morgan fingerprint density at radius 2 is 2.12 bits per heavy atom. The molecule has 1 N–H and O–H groups in total. The highest BCUT2D eigenvalue weighted by atomic mass is 79.9. The lowest BCUT2D eigenvalue weighted by molar-refractivity contribution is 0.194. The molecule has 0 radical (unpaired) electrons. The molecule has 0 bridgehead atoms. The van der Waals surface area contributed by atoms with Gasteiger partial charge in [-0.05, 0) is 66.6 Å². The van der Waals surface area contributed by atoms with Crippen molar-refractivity contribution in [3.05, 3.63) is 34.1 Å². The van der Waals surface area contributed by atoms with Crippen molar-refractivity contribution in [2.24, 2.45) is 0 Å². The van der Waals surface area contributed by atoms with E-state index in [-0.39, 0.29) is 5.82 Å². The maximum Gasteiger partial charge on any atom is 0.137 e. The van der Waals surface area contributed by atoms with Crippen LogP contribution in [0, 0.1) is 5.82 Å². The van der Waals surface area contributed by atoms with Crippen molar-refractivity contribution < 1.29 is 4.39 Å². The summed E-state index contributed by atoms with van der Waals surface area (Å²) in [5.74, 6) is -0.192. The summed E-state index contributed by atoms with van der Waals surface area (Å²) in [5.41, 5.74) is 1.17. The fraction of sp³-hybridized carbons (Fsp3) is 0.538. The molecule has 1 saturated heterocycles. The third-order valence-electron chi connectivity index (χ3n) is 3.39. The van der Waals surface area contributed by atoms with E-state index in [9.17, 15) is 4.39 Å². The number of nitrogens with zero attached hydrogens (tertiary/aromatic N) is 1. The first kappa shape index (κ1) is 13.0. The molecule has 17 heavy (non-hydrogen) atoms. The van der Waals surface area contributed by atoms with Crippen molar-refractivity contribution >= 4 is 15.9 Å². The first-order valence-electron chi connectivity index (χ1n) is 6.02. The molecule has 0 atom stereocenters. The molecule has 94 valence electrons. The van der Waals surface area contributed by atoms with E-state index in [1.807, 2.05) is 19.2 Å². The van der Waals surface area contributed by atoms with Crippen LogP contribution >= 0.6 is 15.9 Å². The van der Waals surface area contributed by atoms with E-state index < -0.39 is 0 Å². The van der Waals surface area contributed by atoms with Gasteiger partial charge in [0.15, 0.2) is 0 Å². The summed E-state index contributed by atoms with van der Waals surface area (Å²) in [7, 11) is 2.03. The Morgan fingerprint density at radius 3 is 2.71 bits per heavy atom. The number of nitrogens with one attached hydrogen (secondary N) is 1. The van der Waals surface area contributed by atoms with Crippen molar-refractivity contribution in [1.82, 2.24) is 10.2 Å². The highest BCUT2D eigenvalue weighted by Gasteiger charge is 2.17. The van der Waals surface area contributed by atoms with Crippen LogP contribution in [0.2, 0.25) is 0 Å². The zero-order valence-corrected chi connectivity index (χ0v) is 11.6. The zero-order valence-electron chi connectivity index (χ0n) is 10.0. The molecule has 0 amide bonds. The summed E-state index contributed by atoms with van der Waals surface area (Å²) in [5, 5.41) is 3.32. The highest BCUT2D eigenvalue weighted by molar-refractivity contribution is 9.10. The lowest BCUT2D eigenvalue weighted by Gasteiger charge is -2.31. The minimum Gasteiger partial charge on any atom is -0.317 e. The Balaban J connectivity index is 1.91. The molecule has 1 heterocycles. The van der Waals surface area contributed by atoms with E-state index in [0.29, 0.717) is 10.5 Å². The van der Waals surface area contributed by atoms with Crippen LogP contribution in [-0.4, -0.2) is 31.1 Å². The second-order valence-corrected chi connectivity index (χ2v) is 5.44. The van der Waals surface area contributed by atoms with Crippen LogP contribution in [0.25, 0.3) is 0 Å². The molecular weight excluding hydrogens is 283 g/mol. The molecule has 1 aliphatic rings. The first-order valence-corrected chi connectivity index (χ1v) is 6.82. The van der Waals surface area contributed by atoms with Crippen LogP contribution in [0.5, 0.6) is 0 Å². The van der Waals surface area contributed by atoms with E-state index in [0.717, 1.165) is 19.6 Å². The van der Waals surface area contributed by atoms with Crippen LogP contribution in [-0.2, 0) is 6.54 Å². The van der Waals surface area contributed by atoms with E-state index in [1.54, 1.807) is 0 Å². The molecule has 2 rings (SSSR count). The minimum absolute atomic E-state index is 0.192. The van der Waals surface area contributed by atoms with Crippen molar-refractivity contribution in [3.63, 3.8) is 0 Å². The summed E-state index contributed by atoms with van der Waals surface area (Å²) >= 11 is 3.23. The lowest BCUT2D eigenvalue weighted by atomic mass is 10.0. The molecule has 0 spiro atoms. The number of piperidine rings is 1. The van der Waals surface area contributed by atoms with Gasteiger partial charge >= 0.3 is 0 Å². The van der Waals surface area contributed by atoms with Crippen LogP contribution in [0.4, 0.5) is 4.39 Å². The van der Waals surface area contributed by atoms with Crippen LogP contribution in [0.1, 0.15) is 18.4 Å². The second kappa shape index (κ2) is 5.94. The Kier molecular flexibility index (Phi) is 4.54. The number of halogens is 2. The topological polar surface area (TPSA) is 15.3 Å². The van der Waals surface area contributed by atoms with Gasteiger partial charge in [0.05, 0.1) is 4.47 Å². The number of rotatable bonds is 3. The normalized spacial score (nSPS) is 18.5. The van der Waals surface area contributed by atoms with E-state index in [4.69, 9.17) is 0 Å². The molecule has 1 aliphatic heterocycles. The van der Waals surface area contributed by atoms with Gasteiger partial charge in [-0.1, -0.05) is 6.07 Å². The summed E-state index contributed by atoms with van der Waals surface area (Å²) in [4.78, 5) is 2.42. The molecule has 0 aromatic heterocycles. The minimum atomic E-state index is -0.192. The van der Waals surface area contributed by atoms with Gasteiger partial charge in [-0.25, -0.2) is 4.39 Å². The van der Waals surface area contributed by atoms with Gasteiger partial charge in [0.2, 0.25) is 0 Å². The fourth-order valence-corrected chi connectivity index (χ4v) is 2.70. The zero-order chi connectivity index (χ0) is 12.3. The highest BCUT2D eigenvalue weighted by Crippen LogP contribution is 2.19. The van der Waals surface area contributed by atoms with Crippen molar-refractivity contribution in [1.29, 1.82) is 0 Å². The molecule has 0 unspecified atom stereocenters. The standard InChI is InChI=1S/C13H18BrFN2/c1-16-11-4-6-17(7-5-11)9-10-2-3-13(15)12(14)8-10/h2-3,8,11,16H,4-7,9H2,1H3. The Hall–Kier alpha value is -0.450. The van der Waals surface area contributed by atoms with Gasteiger partial charge in [0, 0.05) is 12.6 Å². The maximum absolute atomic E-state index is 13.1. The number of likely N-dealkylation sites (tertiary alicyclic amines) is 1. The molecule has 2 nitrogen and oxygen atoms in total. The largest absolute Gasteiger partial charge is 0.317 e. The third kappa shape index (κ3) is 3.50. The van der Waals surface area contributed by atoms with E-state index in [1.165, 1.54) is 24.5 Å². The van der Waals surface area contributed by atoms with Crippen LogP contribution in [0.3, 0.4) is 0 Å². The summed E-state index contributed by atoms with van der Waals surface area (Å²) in [6, 6.07) is 5.93. The monoisotopic (exact) mass is 300 g/mol. The average Bonchev–Trinajstić information content (AvgIpc) is 2.35. The fourth-order valence-electron chi connectivity index (χ4n) is 2.28. The van der Waals surface area contributed by atoms with Gasteiger partial charge in [-0.2, -0.15) is 0 Å². The van der Waals surface area contributed by atoms with Gasteiger partial charge in [0.1, 0.15) is 5.82 Å². The lowest BCUT2D eigenvalue weighted by Crippen LogP contribution is -2.40. The number of benzene rings is 1. The van der Waals surface area contributed by atoms with Crippen molar-refractivity contribution in [2.45, 2.75) is 25.4 Å². The smallest absolute Gasteiger partial charge is 0.137 e. The molecular formula is C13H18BrFN2. The van der Waals surface area contributed by atoms with E-state index in [2.05, 4.69) is 26.1 Å². The molecule has 1 fully saturated rings. The SMILES string of the molecule is CNC1CCN(Cc2ccc(F)c(Br)c2)CC1. The Labute approximate surface area is 110 Å². The molecule has 0 saturated carbocycles. The molecule has 1 aromatic carbocycles. The predicted octanol–water partition coefficient (Wildman–Crippen LogP) is 2.77. The summed E-state index contributed by atoms with van der Waals surface area (Å²) < 4.78 is 13.7. The Morgan fingerprint density at radius 1 is 1.41 bits per heavy atom. The Bertz CT molecular complexity index is 376. The van der Waals surface area contributed by atoms with Crippen LogP contribution in [0.15, 0.2) is 22.7 Å². The predicted molar refractivity (Wildman–Crippen MR) is 71.5 cm³/mol. The van der Waals surface area contributed by atoms with Crippen LogP contribution < -0.4 is 5.32 Å². The molecule has 0 aliphatic carbocycles. The van der Waals surface area contributed by atoms with Crippen molar-refractivity contribution in [2.75, 3.05) is 20.1 Å². The summed E-state index contributed by atoms with van der Waals surface area (Å²) in [6.07, 6.45) is 2.39. The second-order valence-electron chi connectivity index (χ2n) is 4.59.